The molecule has 0 aliphatic rings. The van der Waals surface area contributed by atoms with Gasteiger partial charge in [0.2, 0.25) is 0 Å². The molecule has 0 unspecified atom stereocenters. The molecule has 0 saturated heterocycles. The van der Waals surface area contributed by atoms with Crippen LogP contribution in [0.25, 0.3) is 0 Å². The standard InChI is InChI=1S/C8H11ClN6O2/c9-6-4(14(12)7(10)16)2-1-3-5(6)15(13)8(11)17/h1-3H,12-13H2,(H2,10,16)(H2,11,17). The first kappa shape index (κ1) is 13.0. The average Bonchev–Trinajstić information content (AvgIpc) is 2.27. The van der Waals surface area contributed by atoms with Gasteiger partial charge < -0.3 is 11.5 Å². The molecule has 0 saturated carbocycles. The van der Waals surface area contributed by atoms with E-state index in [4.69, 9.17) is 34.8 Å². The summed E-state index contributed by atoms with van der Waals surface area (Å²) in [5, 5.41) is 1.23. The molecule has 0 atom stereocenters. The van der Waals surface area contributed by atoms with Crippen molar-refractivity contribution in [1.29, 1.82) is 0 Å². The summed E-state index contributed by atoms with van der Waals surface area (Å²) in [5.74, 6) is 10.8. The lowest BCUT2D eigenvalue weighted by Crippen LogP contribution is -2.43. The number of hydrazine groups is 2. The summed E-state index contributed by atoms with van der Waals surface area (Å²) in [4.78, 5) is 21.8. The van der Waals surface area contributed by atoms with Crippen molar-refractivity contribution in [3.63, 3.8) is 0 Å². The Labute approximate surface area is 102 Å². The lowest BCUT2D eigenvalue weighted by atomic mass is 10.2. The molecule has 0 aromatic heterocycles. The first-order valence-electron chi connectivity index (χ1n) is 4.33. The zero-order valence-electron chi connectivity index (χ0n) is 8.63. The van der Waals surface area contributed by atoms with Crippen LogP contribution in [0.2, 0.25) is 5.02 Å². The lowest BCUT2D eigenvalue weighted by molar-refractivity contribution is 0.253. The molecule has 1 aromatic carbocycles. The number of anilines is 2. The van der Waals surface area contributed by atoms with Gasteiger partial charge in [0.05, 0.1) is 16.4 Å². The number of amides is 4. The Morgan fingerprint density at radius 2 is 1.35 bits per heavy atom. The van der Waals surface area contributed by atoms with Crippen LogP contribution in [0.15, 0.2) is 18.2 Å². The first-order valence-corrected chi connectivity index (χ1v) is 4.71. The number of nitrogens with zero attached hydrogens (tertiary/aromatic N) is 2. The number of rotatable bonds is 2. The average molecular weight is 259 g/mol. The molecule has 4 amide bonds. The number of carbonyl (C=O) groups excluding carboxylic acids is 2. The van der Waals surface area contributed by atoms with Gasteiger partial charge in [-0.3, -0.25) is 0 Å². The number of benzene rings is 1. The molecule has 0 heterocycles. The molecule has 0 bridgehead atoms. The smallest absolute Gasteiger partial charge is 0.333 e. The topological polar surface area (TPSA) is 145 Å². The zero-order chi connectivity index (χ0) is 13.2. The molecular weight excluding hydrogens is 248 g/mol. The van der Waals surface area contributed by atoms with Crippen LogP contribution in [0.5, 0.6) is 0 Å². The van der Waals surface area contributed by atoms with Crippen LogP contribution < -0.4 is 33.2 Å². The Bertz CT molecular complexity index is 427. The Hall–Kier alpha value is -2.03. The molecule has 9 heteroatoms. The number of hydrogen-bond acceptors (Lipinski definition) is 4. The first-order chi connectivity index (χ1) is 7.86. The summed E-state index contributed by atoms with van der Waals surface area (Å²) in [6, 6.07) is 2.54. The number of nitrogens with two attached hydrogens (primary N) is 4. The molecule has 92 valence electrons. The Morgan fingerprint density at radius 1 is 1.00 bits per heavy atom. The van der Waals surface area contributed by atoms with E-state index in [1.165, 1.54) is 18.2 Å². The van der Waals surface area contributed by atoms with Crippen LogP contribution in [-0.4, -0.2) is 12.1 Å². The second-order valence-corrected chi connectivity index (χ2v) is 3.40. The minimum atomic E-state index is -0.910. The molecule has 1 aromatic rings. The highest BCUT2D eigenvalue weighted by Gasteiger charge is 2.18. The lowest BCUT2D eigenvalue weighted by Gasteiger charge is -2.20. The van der Waals surface area contributed by atoms with Crippen molar-refractivity contribution < 1.29 is 9.59 Å². The normalized spacial score (nSPS) is 9.82. The Morgan fingerprint density at radius 3 is 1.65 bits per heavy atom. The minimum Gasteiger partial charge on any atom is -0.350 e. The van der Waals surface area contributed by atoms with Gasteiger partial charge in [-0.15, -0.1) is 0 Å². The molecule has 0 radical (unpaired) electrons. The van der Waals surface area contributed by atoms with E-state index in [1.807, 2.05) is 0 Å². The number of hydrogen-bond donors (Lipinski definition) is 4. The van der Waals surface area contributed by atoms with Crippen molar-refractivity contribution in [1.82, 2.24) is 0 Å². The van der Waals surface area contributed by atoms with Crippen LogP contribution in [-0.2, 0) is 0 Å². The molecule has 0 spiro atoms. The number of primary amides is 2. The summed E-state index contributed by atoms with van der Waals surface area (Å²) in [5.41, 5.74) is 10.2. The maximum absolute atomic E-state index is 10.9. The third-order valence-corrected chi connectivity index (χ3v) is 2.34. The minimum absolute atomic E-state index is 0.0184. The number of carbonyl (C=O) groups is 2. The van der Waals surface area contributed by atoms with Gasteiger partial charge in [0.1, 0.15) is 0 Å². The predicted molar refractivity (Wildman–Crippen MR) is 64.0 cm³/mol. The fourth-order valence-electron chi connectivity index (χ4n) is 1.12. The second-order valence-electron chi connectivity index (χ2n) is 3.03. The molecular formula is C8H11ClN6O2. The van der Waals surface area contributed by atoms with Crippen molar-refractivity contribution in [3.05, 3.63) is 23.2 Å². The van der Waals surface area contributed by atoms with E-state index >= 15 is 0 Å². The monoisotopic (exact) mass is 258 g/mol. The Kier molecular flexibility index (Phi) is 3.73. The third-order valence-electron chi connectivity index (χ3n) is 1.95. The van der Waals surface area contributed by atoms with E-state index in [9.17, 15) is 9.59 Å². The predicted octanol–water partition coefficient (Wildman–Crippen LogP) is -0.142. The fraction of sp³-hybridized carbons (Fsp3) is 0. The van der Waals surface area contributed by atoms with Gasteiger partial charge in [-0.05, 0) is 12.1 Å². The van der Waals surface area contributed by atoms with Crippen LogP contribution in [0.3, 0.4) is 0 Å². The van der Waals surface area contributed by atoms with E-state index in [1.54, 1.807) is 0 Å². The molecule has 8 nitrogen and oxygen atoms in total. The summed E-state index contributed by atoms with van der Waals surface area (Å²) in [7, 11) is 0. The molecule has 0 aliphatic heterocycles. The maximum atomic E-state index is 10.9. The molecule has 0 aliphatic carbocycles. The fourth-order valence-corrected chi connectivity index (χ4v) is 1.43. The SMILES string of the molecule is NC(=O)N(N)c1cccc(N(N)C(N)=O)c1Cl. The van der Waals surface area contributed by atoms with Crippen LogP contribution in [0.1, 0.15) is 0 Å². The quantitative estimate of drug-likeness (QED) is 0.332. The van der Waals surface area contributed by atoms with E-state index in [0.717, 1.165) is 0 Å². The van der Waals surface area contributed by atoms with Crippen molar-refractivity contribution in [2.24, 2.45) is 23.2 Å². The maximum Gasteiger partial charge on any atom is 0.333 e. The van der Waals surface area contributed by atoms with Crippen LogP contribution in [0.4, 0.5) is 21.0 Å². The van der Waals surface area contributed by atoms with Gasteiger partial charge in [0.25, 0.3) is 0 Å². The summed E-state index contributed by atoms with van der Waals surface area (Å²) >= 11 is 5.93. The van der Waals surface area contributed by atoms with E-state index in [-0.39, 0.29) is 16.4 Å². The number of urea groups is 2. The van der Waals surface area contributed by atoms with E-state index in [0.29, 0.717) is 10.0 Å². The highest BCUT2D eigenvalue weighted by molar-refractivity contribution is 6.36. The summed E-state index contributed by atoms with van der Waals surface area (Å²) < 4.78 is 0. The summed E-state index contributed by atoms with van der Waals surface area (Å²) in [6.45, 7) is 0. The van der Waals surface area contributed by atoms with Gasteiger partial charge in [0, 0.05) is 0 Å². The summed E-state index contributed by atoms with van der Waals surface area (Å²) in [6.07, 6.45) is 0. The van der Waals surface area contributed by atoms with Crippen molar-refractivity contribution >= 4 is 35.0 Å². The van der Waals surface area contributed by atoms with Gasteiger partial charge in [-0.2, -0.15) is 0 Å². The second kappa shape index (κ2) is 4.87. The van der Waals surface area contributed by atoms with E-state index in [2.05, 4.69) is 0 Å². The molecule has 0 fully saturated rings. The zero-order valence-corrected chi connectivity index (χ0v) is 9.39. The van der Waals surface area contributed by atoms with E-state index < -0.39 is 12.1 Å². The van der Waals surface area contributed by atoms with Gasteiger partial charge in [-0.25, -0.2) is 31.3 Å². The van der Waals surface area contributed by atoms with Crippen molar-refractivity contribution in [2.45, 2.75) is 0 Å². The third kappa shape index (κ3) is 2.56. The largest absolute Gasteiger partial charge is 0.350 e. The van der Waals surface area contributed by atoms with Gasteiger partial charge >= 0.3 is 12.1 Å². The van der Waals surface area contributed by atoms with Gasteiger partial charge in [0.15, 0.2) is 0 Å². The number of halogens is 1. The molecule has 8 N–H and O–H groups in total. The van der Waals surface area contributed by atoms with Gasteiger partial charge in [-0.1, -0.05) is 17.7 Å². The van der Waals surface area contributed by atoms with Crippen LogP contribution >= 0.6 is 11.6 Å². The molecule has 17 heavy (non-hydrogen) atoms. The molecule has 1 rings (SSSR count). The van der Waals surface area contributed by atoms with Crippen molar-refractivity contribution in [3.8, 4) is 0 Å². The highest BCUT2D eigenvalue weighted by atomic mass is 35.5. The van der Waals surface area contributed by atoms with Crippen molar-refractivity contribution in [2.75, 3.05) is 10.0 Å². The van der Waals surface area contributed by atoms with Crippen LogP contribution in [0, 0.1) is 0 Å². The highest BCUT2D eigenvalue weighted by Crippen LogP contribution is 2.32. The Balaban J connectivity index is 3.25.